The molecule has 3 N–H and O–H groups in total. The number of halogens is 2. The van der Waals surface area contributed by atoms with E-state index in [4.69, 9.17) is 10.8 Å². The van der Waals surface area contributed by atoms with Crippen LogP contribution in [0.4, 0.5) is 14.6 Å². The first-order chi connectivity index (χ1) is 18.4. The van der Waals surface area contributed by atoms with Gasteiger partial charge in [-0.1, -0.05) is 24.8 Å². The van der Waals surface area contributed by atoms with Gasteiger partial charge in [0.25, 0.3) is 5.91 Å². The van der Waals surface area contributed by atoms with Crippen LogP contribution < -0.4 is 11.1 Å². The van der Waals surface area contributed by atoms with Gasteiger partial charge in [-0.15, -0.1) is 0 Å². The first kappa shape index (κ1) is 25.0. The molecule has 2 aromatic heterocycles. The normalized spacial score (nSPS) is 15.4. The standard InChI is InChI=1S/C27H25F2N7O2/c1-2-22(37)35-10-4-7-19(14-35)36-26-23(25(30)32-15-33-26)24(34-36)17-6-3-5-16(11-17)13-31-27(38)20-12-18(28)8-9-21(20)29/h2-3,5-6,8-9,11-12,15,19H,1,4,7,10,13-14H2,(H,31,38)(H2,30,32,33). The Labute approximate surface area is 217 Å². The molecule has 1 atom stereocenters. The molecule has 9 nitrogen and oxygen atoms in total. The van der Waals surface area contributed by atoms with Crippen LogP contribution in [0, 0.1) is 11.6 Å². The monoisotopic (exact) mass is 517 g/mol. The number of anilines is 1. The molecule has 194 valence electrons. The van der Waals surface area contributed by atoms with Crippen molar-refractivity contribution in [3.63, 3.8) is 0 Å². The predicted octanol–water partition coefficient (Wildman–Crippen LogP) is 3.63. The SMILES string of the molecule is C=CC(=O)N1CCCC(n2nc(-c3cccc(CNC(=O)c4cc(F)ccc4F)c3)c3c(N)ncnc32)C1. The third-order valence-corrected chi connectivity index (χ3v) is 6.57. The van der Waals surface area contributed by atoms with Crippen LogP contribution in [0.1, 0.15) is 34.8 Å². The Bertz CT molecular complexity index is 1550. The maximum Gasteiger partial charge on any atom is 0.254 e. The number of rotatable bonds is 6. The summed E-state index contributed by atoms with van der Waals surface area (Å²) in [4.78, 5) is 35.0. The molecular formula is C27H25F2N7O2. The van der Waals surface area contributed by atoms with Crippen molar-refractivity contribution in [3.8, 4) is 11.3 Å². The van der Waals surface area contributed by atoms with E-state index in [9.17, 15) is 18.4 Å². The molecule has 1 aliphatic heterocycles. The molecule has 2 amide bonds. The molecule has 0 radical (unpaired) electrons. The highest BCUT2D eigenvalue weighted by Crippen LogP contribution is 2.34. The molecule has 4 aromatic rings. The third kappa shape index (κ3) is 4.82. The van der Waals surface area contributed by atoms with E-state index in [1.54, 1.807) is 21.7 Å². The van der Waals surface area contributed by atoms with Gasteiger partial charge >= 0.3 is 0 Å². The molecule has 0 bridgehead atoms. The molecule has 5 rings (SSSR count). The average Bonchev–Trinajstić information content (AvgIpc) is 3.34. The van der Waals surface area contributed by atoms with E-state index in [-0.39, 0.29) is 29.9 Å². The van der Waals surface area contributed by atoms with Crippen LogP contribution in [0.25, 0.3) is 22.3 Å². The molecule has 1 fully saturated rings. The molecule has 0 aliphatic carbocycles. The number of hydrogen-bond acceptors (Lipinski definition) is 6. The highest BCUT2D eigenvalue weighted by molar-refractivity contribution is 5.98. The van der Waals surface area contributed by atoms with Crippen molar-refractivity contribution in [2.75, 3.05) is 18.8 Å². The summed E-state index contributed by atoms with van der Waals surface area (Å²) in [5, 5.41) is 8.07. The number of nitrogens with zero attached hydrogens (tertiary/aromatic N) is 5. The third-order valence-electron chi connectivity index (χ3n) is 6.57. The van der Waals surface area contributed by atoms with Gasteiger partial charge in [0.15, 0.2) is 5.65 Å². The van der Waals surface area contributed by atoms with Gasteiger partial charge in [-0.05, 0) is 48.7 Å². The van der Waals surface area contributed by atoms with E-state index in [1.807, 2.05) is 12.1 Å². The van der Waals surface area contributed by atoms with Crippen molar-refractivity contribution in [1.29, 1.82) is 0 Å². The number of amides is 2. The first-order valence-corrected chi connectivity index (χ1v) is 12.1. The molecule has 1 aliphatic rings. The fourth-order valence-corrected chi connectivity index (χ4v) is 4.71. The Balaban J connectivity index is 1.45. The van der Waals surface area contributed by atoms with Crippen LogP contribution in [-0.4, -0.2) is 49.6 Å². The number of carbonyl (C=O) groups is 2. The second-order valence-corrected chi connectivity index (χ2v) is 9.04. The largest absolute Gasteiger partial charge is 0.383 e. The zero-order valence-corrected chi connectivity index (χ0v) is 20.4. The predicted molar refractivity (Wildman–Crippen MR) is 138 cm³/mol. The Morgan fingerprint density at radius 1 is 1.18 bits per heavy atom. The lowest BCUT2D eigenvalue weighted by atomic mass is 10.1. The van der Waals surface area contributed by atoms with E-state index in [0.717, 1.165) is 31.0 Å². The van der Waals surface area contributed by atoms with Crippen LogP contribution in [0.15, 0.2) is 61.4 Å². The number of nitrogen functional groups attached to an aromatic ring is 1. The van der Waals surface area contributed by atoms with E-state index >= 15 is 0 Å². The summed E-state index contributed by atoms with van der Waals surface area (Å²) in [6.45, 7) is 4.78. The minimum Gasteiger partial charge on any atom is -0.383 e. The summed E-state index contributed by atoms with van der Waals surface area (Å²) in [7, 11) is 0. The summed E-state index contributed by atoms with van der Waals surface area (Å²) in [6.07, 6.45) is 4.31. The van der Waals surface area contributed by atoms with Gasteiger partial charge in [-0.3, -0.25) is 9.59 Å². The van der Waals surface area contributed by atoms with Crippen LogP contribution in [0.3, 0.4) is 0 Å². The number of nitrogens with one attached hydrogen (secondary N) is 1. The molecule has 3 heterocycles. The Morgan fingerprint density at radius 2 is 2.03 bits per heavy atom. The molecule has 1 saturated heterocycles. The van der Waals surface area contributed by atoms with Crippen molar-refractivity contribution in [2.45, 2.75) is 25.4 Å². The maximum atomic E-state index is 14.0. The van der Waals surface area contributed by atoms with Crippen molar-refractivity contribution in [2.24, 2.45) is 0 Å². The lowest BCUT2D eigenvalue weighted by molar-refractivity contribution is -0.127. The number of likely N-dealkylation sites (tertiary alicyclic amines) is 1. The van der Waals surface area contributed by atoms with Gasteiger partial charge in [0, 0.05) is 25.2 Å². The quantitative estimate of drug-likeness (QED) is 0.377. The lowest BCUT2D eigenvalue weighted by Crippen LogP contribution is -2.40. The van der Waals surface area contributed by atoms with Crippen molar-refractivity contribution < 1.29 is 18.4 Å². The van der Waals surface area contributed by atoms with Gasteiger partial charge in [0.2, 0.25) is 5.91 Å². The van der Waals surface area contributed by atoms with Crippen LogP contribution in [0.2, 0.25) is 0 Å². The molecule has 38 heavy (non-hydrogen) atoms. The highest BCUT2D eigenvalue weighted by Gasteiger charge is 2.28. The summed E-state index contributed by atoms with van der Waals surface area (Å²) in [5.41, 5.74) is 8.44. The fraction of sp³-hybridized carbons (Fsp3) is 0.222. The van der Waals surface area contributed by atoms with Gasteiger partial charge in [-0.2, -0.15) is 5.10 Å². The van der Waals surface area contributed by atoms with E-state index in [1.165, 1.54) is 12.4 Å². The summed E-state index contributed by atoms with van der Waals surface area (Å²) in [5.74, 6) is -2.09. The highest BCUT2D eigenvalue weighted by atomic mass is 19.1. The van der Waals surface area contributed by atoms with E-state index < -0.39 is 17.5 Å². The molecule has 1 unspecified atom stereocenters. The molecule has 2 aromatic carbocycles. The average molecular weight is 518 g/mol. The Kier molecular flexibility index (Phi) is 6.82. The zero-order valence-electron chi connectivity index (χ0n) is 20.4. The van der Waals surface area contributed by atoms with Crippen molar-refractivity contribution in [3.05, 3.63) is 84.2 Å². The van der Waals surface area contributed by atoms with E-state index in [2.05, 4.69) is 21.9 Å². The smallest absolute Gasteiger partial charge is 0.254 e. The van der Waals surface area contributed by atoms with Gasteiger partial charge < -0.3 is 16.0 Å². The second kappa shape index (κ2) is 10.4. The minimum absolute atomic E-state index is 0.0779. The second-order valence-electron chi connectivity index (χ2n) is 9.04. The fourth-order valence-electron chi connectivity index (χ4n) is 4.71. The summed E-state index contributed by atoms with van der Waals surface area (Å²) in [6, 6.07) is 9.90. The van der Waals surface area contributed by atoms with Gasteiger partial charge in [0.1, 0.15) is 29.5 Å². The Hall–Kier alpha value is -4.67. The number of carbonyl (C=O) groups excluding carboxylic acids is 2. The lowest BCUT2D eigenvalue weighted by Gasteiger charge is -2.32. The van der Waals surface area contributed by atoms with Gasteiger partial charge in [0.05, 0.1) is 17.0 Å². The number of piperidine rings is 1. The number of benzene rings is 2. The van der Waals surface area contributed by atoms with Gasteiger partial charge in [-0.25, -0.2) is 23.4 Å². The molecule has 0 saturated carbocycles. The van der Waals surface area contributed by atoms with Crippen LogP contribution in [0.5, 0.6) is 0 Å². The summed E-state index contributed by atoms with van der Waals surface area (Å²) < 4.78 is 29.3. The minimum atomic E-state index is -0.804. The number of nitrogens with two attached hydrogens (primary N) is 1. The Morgan fingerprint density at radius 3 is 2.84 bits per heavy atom. The molecular weight excluding hydrogens is 492 g/mol. The maximum absolute atomic E-state index is 14.0. The zero-order chi connectivity index (χ0) is 26.8. The summed E-state index contributed by atoms with van der Waals surface area (Å²) >= 11 is 0. The van der Waals surface area contributed by atoms with Crippen LogP contribution >= 0.6 is 0 Å². The molecule has 0 spiro atoms. The number of fused-ring (bicyclic) bond motifs is 1. The topological polar surface area (TPSA) is 119 Å². The molecule has 11 heteroatoms. The van der Waals surface area contributed by atoms with Crippen molar-refractivity contribution >= 4 is 28.7 Å². The number of hydrogen-bond donors (Lipinski definition) is 2. The van der Waals surface area contributed by atoms with E-state index in [0.29, 0.717) is 40.9 Å². The van der Waals surface area contributed by atoms with Crippen molar-refractivity contribution in [1.82, 2.24) is 30.0 Å². The van der Waals surface area contributed by atoms with Crippen LogP contribution in [-0.2, 0) is 11.3 Å². The number of aromatic nitrogens is 4. The first-order valence-electron chi connectivity index (χ1n) is 12.1.